The van der Waals surface area contributed by atoms with Crippen LogP contribution in [0.2, 0.25) is 0 Å². The minimum atomic E-state index is -0.283. The van der Waals surface area contributed by atoms with Gasteiger partial charge in [0.15, 0.2) is 6.61 Å². The molecule has 29 heavy (non-hydrogen) atoms. The van der Waals surface area contributed by atoms with Crippen molar-refractivity contribution in [2.75, 3.05) is 6.61 Å². The van der Waals surface area contributed by atoms with Gasteiger partial charge in [-0.15, -0.1) is 0 Å². The van der Waals surface area contributed by atoms with E-state index in [0.717, 1.165) is 52.2 Å². The van der Waals surface area contributed by atoms with Crippen LogP contribution in [-0.2, 0) is 4.79 Å². The summed E-state index contributed by atoms with van der Waals surface area (Å²) in [5.41, 5.74) is 4.56. The minimum absolute atomic E-state index is 0.0997. The Morgan fingerprint density at radius 3 is 2.55 bits per heavy atom. The summed E-state index contributed by atoms with van der Waals surface area (Å²) >= 11 is 3.58. The monoisotopic (exact) mass is 452 g/mol. The highest BCUT2D eigenvalue weighted by atomic mass is 79.9. The zero-order valence-corrected chi connectivity index (χ0v) is 18.1. The van der Waals surface area contributed by atoms with Crippen molar-refractivity contribution in [3.63, 3.8) is 0 Å². The van der Waals surface area contributed by atoms with E-state index in [4.69, 9.17) is 4.74 Å². The number of amides is 1. The average Bonchev–Trinajstić information content (AvgIpc) is 2.76. The maximum absolute atomic E-state index is 12.3. The summed E-state index contributed by atoms with van der Waals surface area (Å²) < 4.78 is 6.56. The molecule has 3 rings (SSSR count). The molecule has 0 aliphatic heterocycles. The normalized spacial score (nSPS) is 11.4. The lowest BCUT2D eigenvalue weighted by atomic mass is 10.0. The second-order valence-electron chi connectivity index (χ2n) is 6.80. The van der Waals surface area contributed by atoms with Gasteiger partial charge in [-0.2, -0.15) is 5.10 Å². The van der Waals surface area contributed by atoms with Crippen molar-refractivity contribution in [1.82, 2.24) is 5.43 Å². The first-order valence-corrected chi connectivity index (χ1v) is 10.7. The number of halogens is 1. The van der Waals surface area contributed by atoms with E-state index in [1.165, 1.54) is 0 Å². The zero-order chi connectivity index (χ0) is 20.5. The van der Waals surface area contributed by atoms with Crippen molar-refractivity contribution in [1.29, 1.82) is 0 Å². The first-order chi connectivity index (χ1) is 14.2. The molecule has 3 aromatic carbocycles. The van der Waals surface area contributed by atoms with Crippen LogP contribution in [0.3, 0.4) is 0 Å². The molecule has 0 radical (unpaired) electrons. The summed E-state index contributed by atoms with van der Waals surface area (Å²) in [5, 5.41) is 6.53. The van der Waals surface area contributed by atoms with Crippen LogP contribution in [-0.4, -0.2) is 18.2 Å². The molecule has 5 heteroatoms. The third-order valence-electron chi connectivity index (χ3n) is 4.63. The van der Waals surface area contributed by atoms with Crippen molar-refractivity contribution >= 4 is 38.3 Å². The van der Waals surface area contributed by atoms with Crippen molar-refractivity contribution in [3.05, 3.63) is 76.8 Å². The molecule has 150 valence electrons. The highest BCUT2D eigenvalue weighted by molar-refractivity contribution is 9.10. The Morgan fingerprint density at radius 2 is 1.76 bits per heavy atom. The largest absolute Gasteiger partial charge is 0.483 e. The van der Waals surface area contributed by atoms with E-state index < -0.39 is 0 Å². The van der Waals surface area contributed by atoms with Gasteiger partial charge in [0.05, 0.1) is 10.2 Å². The predicted molar refractivity (Wildman–Crippen MR) is 122 cm³/mol. The van der Waals surface area contributed by atoms with Crippen LogP contribution in [0.1, 0.15) is 38.2 Å². The third kappa shape index (κ3) is 5.91. The number of carbonyl (C=O) groups is 1. The SMILES string of the molecule is CCCCCC(=NNC(=O)COc1ccc2ccccc2c1Br)c1ccccc1. The first-order valence-electron chi connectivity index (χ1n) is 9.90. The number of hydrogen-bond acceptors (Lipinski definition) is 3. The molecule has 0 fully saturated rings. The van der Waals surface area contributed by atoms with Gasteiger partial charge in [0.25, 0.3) is 5.91 Å². The quantitative estimate of drug-likeness (QED) is 0.243. The Morgan fingerprint density at radius 1 is 1.00 bits per heavy atom. The van der Waals surface area contributed by atoms with Gasteiger partial charge in [-0.1, -0.05) is 80.4 Å². The molecule has 0 saturated carbocycles. The summed E-state index contributed by atoms with van der Waals surface area (Å²) in [6, 6.07) is 21.8. The van der Waals surface area contributed by atoms with Gasteiger partial charge in [0.1, 0.15) is 5.75 Å². The van der Waals surface area contributed by atoms with Gasteiger partial charge in [-0.3, -0.25) is 4.79 Å². The smallest absolute Gasteiger partial charge is 0.277 e. The summed E-state index contributed by atoms with van der Waals surface area (Å²) in [6.45, 7) is 2.07. The second kappa shape index (κ2) is 10.8. The molecule has 0 aromatic heterocycles. The highest BCUT2D eigenvalue weighted by Crippen LogP contribution is 2.32. The van der Waals surface area contributed by atoms with Gasteiger partial charge in [0.2, 0.25) is 0 Å². The summed E-state index contributed by atoms with van der Waals surface area (Å²) in [5.74, 6) is 0.350. The Kier molecular flexibility index (Phi) is 7.82. The van der Waals surface area contributed by atoms with Gasteiger partial charge in [-0.05, 0) is 51.2 Å². The minimum Gasteiger partial charge on any atom is -0.483 e. The molecule has 3 aromatic rings. The van der Waals surface area contributed by atoms with E-state index in [2.05, 4.69) is 33.4 Å². The van der Waals surface area contributed by atoms with Crippen molar-refractivity contribution in [2.45, 2.75) is 32.6 Å². The van der Waals surface area contributed by atoms with E-state index in [0.29, 0.717) is 5.75 Å². The van der Waals surface area contributed by atoms with Crippen LogP contribution >= 0.6 is 15.9 Å². The lowest BCUT2D eigenvalue weighted by Gasteiger charge is -2.10. The lowest BCUT2D eigenvalue weighted by Crippen LogP contribution is -2.26. The fourth-order valence-corrected chi connectivity index (χ4v) is 3.68. The molecule has 0 saturated heterocycles. The molecule has 0 aliphatic carbocycles. The molecule has 0 atom stereocenters. The molecule has 0 heterocycles. The molecule has 4 nitrogen and oxygen atoms in total. The number of nitrogens with zero attached hydrogens (tertiary/aromatic N) is 1. The van der Waals surface area contributed by atoms with E-state index in [-0.39, 0.29) is 12.5 Å². The highest BCUT2D eigenvalue weighted by Gasteiger charge is 2.09. The van der Waals surface area contributed by atoms with Crippen molar-refractivity contribution in [2.24, 2.45) is 5.10 Å². The number of rotatable bonds is 9. The van der Waals surface area contributed by atoms with E-state index in [1.54, 1.807) is 0 Å². The van der Waals surface area contributed by atoms with Gasteiger partial charge in [0, 0.05) is 0 Å². The number of nitrogens with one attached hydrogen (secondary N) is 1. The van der Waals surface area contributed by atoms with E-state index in [1.807, 2.05) is 66.7 Å². The molecule has 0 spiro atoms. The van der Waals surface area contributed by atoms with Crippen LogP contribution in [0, 0.1) is 0 Å². The molecular formula is C24H25BrN2O2. The van der Waals surface area contributed by atoms with Gasteiger partial charge < -0.3 is 4.74 Å². The Balaban J connectivity index is 1.63. The fraction of sp³-hybridized carbons (Fsp3) is 0.250. The third-order valence-corrected chi connectivity index (χ3v) is 5.44. The maximum Gasteiger partial charge on any atom is 0.277 e. The van der Waals surface area contributed by atoms with Crippen LogP contribution in [0.4, 0.5) is 0 Å². The van der Waals surface area contributed by atoms with Gasteiger partial charge in [-0.25, -0.2) is 5.43 Å². The number of benzene rings is 3. The number of hydrogen-bond donors (Lipinski definition) is 1. The second-order valence-corrected chi connectivity index (χ2v) is 7.60. The standard InChI is InChI=1S/C24H25BrN2O2/c1-2-3-5-14-21(19-11-6-4-7-12-19)26-27-23(28)17-29-22-16-15-18-10-8-9-13-20(18)24(22)25/h4,6-13,15-16H,2-3,5,14,17H2,1H3,(H,27,28). The Labute approximate surface area is 180 Å². The molecule has 1 amide bonds. The van der Waals surface area contributed by atoms with Crippen molar-refractivity contribution in [3.8, 4) is 5.75 Å². The van der Waals surface area contributed by atoms with Crippen LogP contribution in [0.5, 0.6) is 5.75 Å². The van der Waals surface area contributed by atoms with Gasteiger partial charge >= 0.3 is 0 Å². The molecule has 1 N–H and O–H groups in total. The number of fused-ring (bicyclic) bond motifs is 1. The van der Waals surface area contributed by atoms with Crippen LogP contribution in [0.25, 0.3) is 10.8 Å². The maximum atomic E-state index is 12.3. The van der Waals surface area contributed by atoms with Crippen LogP contribution < -0.4 is 10.2 Å². The number of carbonyl (C=O) groups excluding carboxylic acids is 1. The fourth-order valence-electron chi connectivity index (χ4n) is 3.07. The summed E-state index contributed by atoms with van der Waals surface area (Å²) in [7, 11) is 0. The number of ether oxygens (including phenoxy) is 1. The Hall–Kier alpha value is -2.66. The topological polar surface area (TPSA) is 50.7 Å². The number of unbranched alkanes of at least 4 members (excludes halogenated alkanes) is 2. The number of hydrazone groups is 1. The lowest BCUT2D eigenvalue weighted by molar-refractivity contribution is -0.123. The first kappa shape index (κ1) is 21.1. The predicted octanol–water partition coefficient (Wildman–Crippen LogP) is 6.08. The van der Waals surface area contributed by atoms with Crippen molar-refractivity contribution < 1.29 is 9.53 Å². The van der Waals surface area contributed by atoms with Crippen LogP contribution in [0.15, 0.2) is 76.3 Å². The van der Waals surface area contributed by atoms with E-state index in [9.17, 15) is 4.79 Å². The average molecular weight is 453 g/mol. The summed E-state index contributed by atoms with van der Waals surface area (Å²) in [6.07, 6.45) is 4.15. The van der Waals surface area contributed by atoms with E-state index >= 15 is 0 Å². The zero-order valence-electron chi connectivity index (χ0n) is 16.5. The Bertz CT molecular complexity index is 987. The molecule has 0 bridgehead atoms. The summed E-state index contributed by atoms with van der Waals surface area (Å²) in [4.78, 5) is 12.3. The molecule has 0 aliphatic rings. The molecular weight excluding hydrogens is 428 g/mol. The molecule has 0 unspecified atom stereocenters.